The number of benzene rings is 2. The summed E-state index contributed by atoms with van der Waals surface area (Å²) >= 11 is 5.96. The largest absolute Gasteiger partial charge is 0.392 e. The van der Waals surface area contributed by atoms with Gasteiger partial charge in [0.25, 0.3) is 0 Å². The fraction of sp³-hybridized carbons (Fsp3) is 0.250. The first-order valence-corrected chi connectivity index (χ1v) is 6.75. The van der Waals surface area contributed by atoms with E-state index in [-0.39, 0.29) is 6.61 Å². The summed E-state index contributed by atoms with van der Waals surface area (Å²) in [5.74, 6) is 0. The van der Waals surface area contributed by atoms with Crippen molar-refractivity contribution in [2.24, 2.45) is 0 Å². The van der Waals surface area contributed by atoms with Crippen molar-refractivity contribution in [2.75, 3.05) is 11.9 Å². The summed E-state index contributed by atoms with van der Waals surface area (Å²) in [4.78, 5) is 2.06. The van der Waals surface area contributed by atoms with E-state index in [1.807, 2.05) is 19.2 Å². The number of anilines is 2. The van der Waals surface area contributed by atoms with Crippen LogP contribution in [0.3, 0.4) is 0 Å². The Morgan fingerprint density at radius 2 is 1.79 bits per heavy atom. The molecule has 0 fully saturated rings. The maximum absolute atomic E-state index is 9.44. The van der Waals surface area contributed by atoms with Crippen LogP contribution in [0.2, 0.25) is 5.02 Å². The van der Waals surface area contributed by atoms with Crippen molar-refractivity contribution in [1.29, 1.82) is 0 Å². The molecule has 0 saturated heterocycles. The lowest BCUT2D eigenvalue weighted by molar-refractivity contribution is 0.282. The number of hydrogen-bond acceptors (Lipinski definition) is 2. The molecule has 0 aromatic heterocycles. The lowest BCUT2D eigenvalue weighted by atomic mass is 10.1. The van der Waals surface area contributed by atoms with Crippen molar-refractivity contribution in [3.05, 3.63) is 58.6 Å². The summed E-state index contributed by atoms with van der Waals surface area (Å²) in [6.07, 6.45) is 1.03. The van der Waals surface area contributed by atoms with Gasteiger partial charge in [-0.15, -0.1) is 0 Å². The fourth-order valence-corrected chi connectivity index (χ4v) is 2.30. The number of halogens is 1. The molecular weight excluding hydrogens is 258 g/mol. The molecule has 0 saturated carbocycles. The maximum Gasteiger partial charge on any atom is 0.0702 e. The summed E-state index contributed by atoms with van der Waals surface area (Å²) in [6, 6.07) is 14.0. The van der Waals surface area contributed by atoms with E-state index >= 15 is 0 Å². The van der Waals surface area contributed by atoms with Crippen LogP contribution in [0.5, 0.6) is 0 Å². The van der Waals surface area contributed by atoms with Gasteiger partial charge in [0.15, 0.2) is 0 Å². The van der Waals surface area contributed by atoms with E-state index in [2.05, 4.69) is 36.1 Å². The highest BCUT2D eigenvalue weighted by Crippen LogP contribution is 2.29. The van der Waals surface area contributed by atoms with E-state index in [1.165, 1.54) is 5.56 Å². The molecule has 0 aliphatic heterocycles. The average molecular weight is 276 g/mol. The van der Waals surface area contributed by atoms with Crippen LogP contribution < -0.4 is 4.90 Å². The van der Waals surface area contributed by atoms with Crippen molar-refractivity contribution in [2.45, 2.75) is 20.0 Å². The van der Waals surface area contributed by atoms with E-state index in [0.717, 1.165) is 23.4 Å². The summed E-state index contributed by atoms with van der Waals surface area (Å²) < 4.78 is 0. The Bertz CT molecular complexity index is 551. The second-order valence-corrected chi connectivity index (χ2v) is 4.95. The minimum Gasteiger partial charge on any atom is -0.392 e. The molecule has 0 bridgehead atoms. The highest BCUT2D eigenvalue weighted by atomic mass is 35.5. The zero-order valence-electron chi connectivity index (χ0n) is 11.2. The molecule has 100 valence electrons. The van der Waals surface area contributed by atoms with E-state index < -0.39 is 0 Å². The minimum absolute atomic E-state index is 0.0206. The molecule has 0 amide bonds. The number of aryl methyl sites for hydroxylation is 1. The van der Waals surface area contributed by atoms with Gasteiger partial charge in [0.2, 0.25) is 0 Å². The van der Waals surface area contributed by atoms with Gasteiger partial charge < -0.3 is 10.0 Å². The number of hydrogen-bond donors (Lipinski definition) is 1. The molecule has 1 N–H and O–H groups in total. The summed E-state index contributed by atoms with van der Waals surface area (Å²) in [7, 11) is 1.99. The quantitative estimate of drug-likeness (QED) is 0.906. The zero-order valence-corrected chi connectivity index (χ0v) is 12.0. The molecule has 2 aromatic rings. The molecule has 0 heterocycles. The Morgan fingerprint density at radius 3 is 2.37 bits per heavy atom. The van der Waals surface area contributed by atoms with Crippen molar-refractivity contribution in [1.82, 2.24) is 0 Å². The molecular formula is C16H18ClNO. The van der Waals surface area contributed by atoms with Gasteiger partial charge in [-0.3, -0.25) is 0 Å². The number of nitrogens with zero attached hydrogens (tertiary/aromatic N) is 1. The van der Waals surface area contributed by atoms with Gasteiger partial charge in [-0.1, -0.05) is 30.7 Å². The Morgan fingerprint density at radius 1 is 1.11 bits per heavy atom. The third-order valence-electron chi connectivity index (χ3n) is 3.31. The molecule has 0 spiro atoms. The van der Waals surface area contributed by atoms with Crippen LogP contribution in [-0.2, 0) is 13.0 Å². The lowest BCUT2D eigenvalue weighted by Crippen LogP contribution is -2.11. The van der Waals surface area contributed by atoms with Gasteiger partial charge in [-0.05, 0) is 42.3 Å². The average Bonchev–Trinajstić information content (AvgIpc) is 2.46. The second kappa shape index (κ2) is 6.09. The topological polar surface area (TPSA) is 23.5 Å². The van der Waals surface area contributed by atoms with Crippen molar-refractivity contribution in [3.63, 3.8) is 0 Å². The Hall–Kier alpha value is -1.51. The molecule has 0 radical (unpaired) electrons. The van der Waals surface area contributed by atoms with Crippen LogP contribution in [0.1, 0.15) is 18.1 Å². The summed E-state index contributed by atoms with van der Waals surface area (Å²) in [6.45, 7) is 2.12. The van der Waals surface area contributed by atoms with Gasteiger partial charge in [-0.2, -0.15) is 0 Å². The van der Waals surface area contributed by atoms with Crippen molar-refractivity contribution >= 4 is 23.0 Å². The van der Waals surface area contributed by atoms with E-state index in [9.17, 15) is 5.11 Å². The van der Waals surface area contributed by atoms with Gasteiger partial charge in [0, 0.05) is 29.0 Å². The van der Waals surface area contributed by atoms with Crippen LogP contribution in [0, 0.1) is 0 Å². The third kappa shape index (κ3) is 3.09. The van der Waals surface area contributed by atoms with E-state index in [1.54, 1.807) is 6.07 Å². The lowest BCUT2D eigenvalue weighted by Gasteiger charge is -2.22. The molecule has 3 heteroatoms. The first-order valence-electron chi connectivity index (χ1n) is 6.37. The predicted molar refractivity (Wildman–Crippen MR) is 81.3 cm³/mol. The SMILES string of the molecule is CCc1ccc(N(C)c2ccc(Cl)cc2CO)cc1. The number of rotatable bonds is 4. The number of aliphatic hydroxyl groups is 1. The van der Waals surface area contributed by atoms with Crippen LogP contribution in [0.25, 0.3) is 0 Å². The Labute approximate surface area is 119 Å². The second-order valence-electron chi connectivity index (χ2n) is 4.51. The van der Waals surface area contributed by atoms with Gasteiger partial charge in [-0.25, -0.2) is 0 Å². The molecule has 19 heavy (non-hydrogen) atoms. The van der Waals surface area contributed by atoms with Crippen LogP contribution in [0.15, 0.2) is 42.5 Å². The zero-order chi connectivity index (χ0) is 13.8. The van der Waals surface area contributed by atoms with Gasteiger partial charge in [0.05, 0.1) is 6.61 Å². The Kier molecular flexibility index (Phi) is 4.46. The highest BCUT2D eigenvalue weighted by molar-refractivity contribution is 6.30. The van der Waals surface area contributed by atoms with E-state index in [0.29, 0.717) is 5.02 Å². The van der Waals surface area contributed by atoms with Gasteiger partial charge in [0.1, 0.15) is 0 Å². The summed E-state index contributed by atoms with van der Waals surface area (Å²) in [5.41, 5.74) is 4.20. The van der Waals surface area contributed by atoms with Crippen LogP contribution in [0.4, 0.5) is 11.4 Å². The molecule has 0 atom stereocenters. The third-order valence-corrected chi connectivity index (χ3v) is 3.54. The first kappa shape index (κ1) is 13.9. The molecule has 0 aliphatic rings. The minimum atomic E-state index is -0.0206. The van der Waals surface area contributed by atoms with Crippen molar-refractivity contribution in [3.8, 4) is 0 Å². The fourth-order valence-electron chi connectivity index (χ4n) is 2.10. The predicted octanol–water partition coefficient (Wildman–Crippen LogP) is 4.16. The maximum atomic E-state index is 9.44. The van der Waals surface area contributed by atoms with E-state index in [4.69, 9.17) is 11.6 Å². The Balaban J connectivity index is 2.34. The molecule has 2 rings (SSSR count). The first-order chi connectivity index (χ1) is 9.15. The van der Waals surface area contributed by atoms with Crippen LogP contribution in [-0.4, -0.2) is 12.2 Å². The van der Waals surface area contributed by atoms with Gasteiger partial charge >= 0.3 is 0 Å². The molecule has 0 aliphatic carbocycles. The monoisotopic (exact) mass is 275 g/mol. The molecule has 0 unspecified atom stereocenters. The molecule has 2 nitrogen and oxygen atoms in total. The molecule has 2 aromatic carbocycles. The normalized spacial score (nSPS) is 10.5. The summed E-state index contributed by atoms with van der Waals surface area (Å²) in [5, 5.41) is 10.1. The standard InChI is InChI=1S/C16H18ClNO/c1-3-12-4-7-15(8-5-12)18(2)16-9-6-14(17)10-13(16)11-19/h4-10,19H,3,11H2,1-2H3. The highest BCUT2D eigenvalue weighted by Gasteiger charge is 2.09. The van der Waals surface area contributed by atoms with Crippen molar-refractivity contribution < 1.29 is 5.11 Å². The number of aliphatic hydroxyl groups excluding tert-OH is 1. The smallest absolute Gasteiger partial charge is 0.0702 e. The van der Waals surface area contributed by atoms with Crippen LogP contribution >= 0.6 is 11.6 Å².